The van der Waals surface area contributed by atoms with Crippen molar-refractivity contribution in [3.05, 3.63) is 60.2 Å². The van der Waals surface area contributed by atoms with Gasteiger partial charge in [0.2, 0.25) is 5.78 Å². The molecule has 0 spiro atoms. The Morgan fingerprint density at radius 3 is 2.74 bits per heavy atom. The number of imidazole rings is 1. The zero-order valence-corrected chi connectivity index (χ0v) is 13.4. The normalized spacial score (nSPS) is 17.2. The number of carbonyl (C=O) groups excluding carboxylic acids is 1. The fraction of sp³-hybridized carbons (Fsp3) is 0.222. The monoisotopic (exact) mass is 325 g/mol. The van der Waals surface area contributed by atoms with Crippen molar-refractivity contribution in [1.82, 2.24) is 4.57 Å². The second-order valence-corrected chi connectivity index (χ2v) is 6.71. The van der Waals surface area contributed by atoms with Crippen LogP contribution in [0.3, 0.4) is 0 Å². The number of para-hydroxylation sites is 2. The van der Waals surface area contributed by atoms with Crippen LogP contribution in [-0.4, -0.2) is 27.3 Å². The maximum absolute atomic E-state index is 12.6. The van der Waals surface area contributed by atoms with E-state index in [1.54, 1.807) is 11.8 Å². The molecule has 116 valence electrons. The third-order valence-corrected chi connectivity index (χ3v) is 5.37. The molecule has 4 rings (SSSR count). The molecule has 23 heavy (non-hydrogen) atoms. The van der Waals surface area contributed by atoms with E-state index in [9.17, 15) is 9.90 Å². The highest BCUT2D eigenvalue weighted by molar-refractivity contribution is 7.99. The first-order chi connectivity index (χ1) is 11.2. The van der Waals surface area contributed by atoms with Gasteiger partial charge >= 0.3 is 5.16 Å². The van der Waals surface area contributed by atoms with Gasteiger partial charge in [0, 0.05) is 11.3 Å². The van der Waals surface area contributed by atoms with Crippen molar-refractivity contribution < 1.29 is 14.5 Å². The Morgan fingerprint density at radius 2 is 1.91 bits per heavy atom. The van der Waals surface area contributed by atoms with Crippen molar-refractivity contribution in [2.24, 2.45) is 0 Å². The Balaban J connectivity index is 1.79. The van der Waals surface area contributed by atoms with Crippen LogP contribution in [0.5, 0.6) is 0 Å². The first kappa shape index (κ1) is 14.5. The first-order valence-electron chi connectivity index (χ1n) is 7.64. The van der Waals surface area contributed by atoms with Crippen molar-refractivity contribution in [3.8, 4) is 0 Å². The van der Waals surface area contributed by atoms with E-state index < -0.39 is 0 Å². The highest BCUT2D eigenvalue weighted by atomic mass is 32.2. The lowest BCUT2D eigenvalue weighted by Crippen LogP contribution is -2.45. The van der Waals surface area contributed by atoms with Gasteiger partial charge in [-0.25, -0.2) is 9.13 Å². The molecule has 2 aromatic carbocycles. The molecule has 1 N–H and O–H groups in total. The highest BCUT2D eigenvalue weighted by Gasteiger charge is 2.32. The number of rotatable bonds is 3. The molecular weight excluding hydrogens is 308 g/mol. The smallest absolute Gasteiger partial charge is 0.319 e. The number of Topliss-reactive ketones (excluding diaryl/α,β-unsaturated/α-hetero) is 1. The van der Waals surface area contributed by atoms with Crippen LogP contribution in [0.25, 0.3) is 11.0 Å². The summed E-state index contributed by atoms with van der Waals surface area (Å²) in [5, 5.41) is 11.0. The molecule has 0 unspecified atom stereocenters. The van der Waals surface area contributed by atoms with E-state index in [4.69, 9.17) is 0 Å². The molecule has 1 aliphatic heterocycles. The summed E-state index contributed by atoms with van der Waals surface area (Å²) in [5.74, 6) is 0.761. The van der Waals surface area contributed by atoms with Gasteiger partial charge < -0.3 is 5.11 Å². The molecule has 0 fully saturated rings. The van der Waals surface area contributed by atoms with Crippen molar-refractivity contribution in [3.63, 3.8) is 0 Å². The van der Waals surface area contributed by atoms with Crippen LogP contribution < -0.4 is 4.57 Å². The summed E-state index contributed by atoms with van der Waals surface area (Å²) < 4.78 is 4.19. The van der Waals surface area contributed by atoms with Crippen molar-refractivity contribution in [2.45, 2.75) is 24.3 Å². The number of thioether (sulfide) groups is 1. The molecule has 5 heteroatoms. The second kappa shape index (κ2) is 5.83. The number of aromatic nitrogens is 2. The van der Waals surface area contributed by atoms with E-state index in [0.717, 1.165) is 21.8 Å². The molecule has 1 atom stereocenters. The van der Waals surface area contributed by atoms with Crippen molar-refractivity contribution in [2.75, 3.05) is 5.75 Å². The van der Waals surface area contributed by atoms with Gasteiger partial charge in [0.1, 0.15) is 12.6 Å². The predicted octanol–water partition coefficient (Wildman–Crippen LogP) is 2.28. The van der Waals surface area contributed by atoms with Crippen LogP contribution in [0.15, 0.2) is 59.8 Å². The average Bonchev–Trinajstić information content (AvgIpc) is 2.89. The minimum atomic E-state index is -0.346. The van der Waals surface area contributed by atoms with E-state index in [2.05, 4.69) is 9.13 Å². The molecular formula is C18H17N2O2S+. The minimum Gasteiger partial charge on any atom is -0.388 e. The molecule has 4 nitrogen and oxygen atoms in total. The molecule has 2 heterocycles. The predicted molar refractivity (Wildman–Crippen MR) is 89.6 cm³/mol. The number of carbonyl (C=O) groups is 1. The largest absolute Gasteiger partial charge is 0.388 e. The molecule has 1 aliphatic rings. The number of aliphatic hydroxyl groups excluding tert-OH is 1. The molecule has 0 saturated heterocycles. The Hall–Kier alpha value is -2.11. The zero-order valence-electron chi connectivity index (χ0n) is 12.6. The van der Waals surface area contributed by atoms with E-state index in [1.165, 1.54) is 0 Å². The molecule has 0 radical (unpaired) electrons. The third kappa shape index (κ3) is 2.56. The highest BCUT2D eigenvalue weighted by Crippen LogP contribution is 2.26. The third-order valence-electron chi connectivity index (χ3n) is 4.12. The maximum atomic E-state index is 12.6. The molecule has 0 saturated carbocycles. The number of fused-ring (bicyclic) bond motifs is 3. The fourth-order valence-electron chi connectivity index (χ4n) is 3.05. The van der Waals surface area contributed by atoms with Crippen molar-refractivity contribution in [1.29, 1.82) is 0 Å². The van der Waals surface area contributed by atoms with Gasteiger partial charge in [0.05, 0.1) is 0 Å². The van der Waals surface area contributed by atoms with E-state index in [-0.39, 0.29) is 11.9 Å². The SMILES string of the molecule is O=C(Cn1c2[n+](c3ccccc31)C[C@H](O)CS2)c1ccccc1. The van der Waals surface area contributed by atoms with Crippen LogP contribution in [0.2, 0.25) is 0 Å². The Bertz CT molecular complexity index is 873. The van der Waals surface area contributed by atoms with Crippen LogP contribution >= 0.6 is 11.8 Å². The Labute approximate surface area is 138 Å². The minimum absolute atomic E-state index is 0.0986. The maximum Gasteiger partial charge on any atom is 0.319 e. The van der Waals surface area contributed by atoms with Gasteiger partial charge in [-0.2, -0.15) is 0 Å². The molecule has 3 aromatic rings. The lowest BCUT2D eigenvalue weighted by molar-refractivity contribution is -0.717. The number of nitrogens with zero attached hydrogens (tertiary/aromatic N) is 2. The Kier molecular flexibility index (Phi) is 3.67. The van der Waals surface area contributed by atoms with E-state index >= 15 is 0 Å². The fourth-order valence-corrected chi connectivity index (χ4v) is 4.14. The molecule has 0 aliphatic carbocycles. The lowest BCUT2D eigenvalue weighted by atomic mass is 10.1. The summed E-state index contributed by atoms with van der Waals surface area (Å²) in [6.45, 7) is 0.894. The van der Waals surface area contributed by atoms with Gasteiger partial charge in [-0.15, -0.1) is 0 Å². The number of aliphatic hydroxyl groups is 1. The van der Waals surface area contributed by atoms with E-state index in [1.807, 2.05) is 54.6 Å². The first-order valence-corrected chi connectivity index (χ1v) is 8.63. The average molecular weight is 325 g/mol. The van der Waals surface area contributed by atoms with Gasteiger partial charge in [-0.05, 0) is 23.9 Å². The number of benzene rings is 2. The molecule has 0 bridgehead atoms. The van der Waals surface area contributed by atoms with Crippen molar-refractivity contribution >= 4 is 28.6 Å². The summed E-state index contributed by atoms with van der Waals surface area (Å²) in [4.78, 5) is 12.6. The molecule has 0 amide bonds. The van der Waals surface area contributed by atoms with Gasteiger partial charge in [0.25, 0.3) is 0 Å². The van der Waals surface area contributed by atoms with Gasteiger partial charge in [-0.1, -0.05) is 42.5 Å². The number of hydrogen-bond acceptors (Lipinski definition) is 3. The summed E-state index contributed by atoms with van der Waals surface area (Å²) >= 11 is 1.61. The van der Waals surface area contributed by atoms with Crippen LogP contribution in [-0.2, 0) is 13.1 Å². The molecule has 1 aromatic heterocycles. The zero-order chi connectivity index (χ0) is 15.8. The van der Waals surface area contributed by atoms with Crippen LogP contribution in [0.4, 0.5) is 0 Å². The summed E-state index contributed by atoms with van der Waals surface area (Å²) in [5.41, 5.74) is 2.83. The standard InChI is InChI=1S/C18H17N2O2S/c21-14-10-19-15-8-4-5-9-16(15)20(18(19)23-12-14)11-17(22)13-6-2-1-3-7-13/h1-9,14,21H,10-12H2/q+1/t14-/m0/s1. The topological polar surface area (TPSA) is 46.1 Å². The number of hydrogen-bond donors (Lipinski definition) is 1. The quantitative estimate of drug-likeness (QED) is 0.594. The summed E-state index contributed by atoms with van der Waals surface area (Å²) in [6.07, 6.45) is -0.346. The summed E-state index contributed by atoms with van der Waals surface area (Å²) in [6, 6.07) is 17.4. The van der Waals surface area contributed by atoms with Gasteiger partial charge in [0.15, 0.2) is 17.6 Å². The van der Waals surface area contributed by atoms with Gasteiger partial charge in [-0.3, -0.25) is 4.79 Å². The van der Waals surface area contributed by atoms with Crippen LogP contribution in [0, 0.1) is 0 Å². The van der Waals surface area contributed by atoms with Crippen LogP contribution in [0.1, 0.15) is 10.4 Å². The second-order valence-electron chi connectivity index (χ2n) is 5.72. The number of ketones is 1. The summed E-state index contributed by atoms with van der Waals surface area (Å²) in [7, 11) is 0. The lowest BCUT2D eigenvalue weighted by Gasteiger charge is -2.14. The Morgan fingerprint density at radius 1 is 1.17 bits per heavy atom. The van der Waals surface area contributed by atoms with E-state index in [0.29, 0.717) is 18.8 Å².